The molecule has 0 heterocycles. The van der Waals surface area contributed by atoms with Gasteiger partial charge in [0.25, 0.3) is 0 Å². The van der Waals surface area contributed by atoms with Gasteiger partial charge in [-0.3, -0.25) is 0 Å². The molecule has 2 aromatic carbocycles. The molecule has 0 saturated heterocycles. The molecule has 0 aliphatic carbocycles. The molecule has 0 bridgehead atoms. The van der Waals surface area contributed by atoms with E-state index < -0.39 is 0 Å². The Morgan fingerprint density at radius 3 is 2.67 bits per heavy atom. The largest absolute Gasteiger partial charge is 0.310 e. The number of hydrogen-bond acceptors (Lipinski definition) is 1. The first-order chi connectivity index (χ1) is 10.1. The normalized spacial score (nSPS) is 12.4. The molecule has 4 heteroatoms. The van der Waals surface area contributed by atoms with E-state index in [0.717, 1.165) is 23.0 Å². The summed E-state index contributed by atoms with van der Waals surface area (Å²) in [5.74, 6) is -0.249. The van der Waals surface area contributed by atoms with Crippen molar-refractivity contribution in [1.29, 1.82) is 0 Å². The third-order valence-corrected chi connectivity index (χ3v) is 4.21. The van der Waals surface area contributed by atoms with Gasteiger partial charge in [-0.05, 0) is 49.2 Å². The highest BCUT2D eigenvalue weighted by atomic mass is 79.9. The van der Waals surface area contributed by atoms with Gasteiger partial charge in [0.2, 0.25) is 0 Å². The molecule has 0 aliphatic heterocycles. The molecule has 0 aliphatic rings. The first-order valence-corrected chi connectivity index (χ1v) is 8.20. The zero-order chi connectivity index (χ0) is 15.2. The zero-order valence-corrected chi connectivity index (χ0v) is 14.2. The lowest BCUT2D eigenvalue weighted by Crippen LogP contribution is -2.24. The van der Waals surface area contributed by atoms with E-state index >= 15 is 0 Å². The van der Waals surface area contributed by atoms with Crippen LogP contribution in [0.15, 0.2) is 46.9 Å². The molecular formula is C17H18BrClFN. The Kier molecular flexibility index (Phi) is 6.22. The predicted molar refractivity (Wildman–Crippen MR) is 90.3 cm³/mol. The average Bonchev–Trinajstić information content (AvgIpc) is 2.46. The van der Waals surface area contributed by atoms with Crippen LogP contribution in [0.4, 0.5) is 4.39 Å². The van der Waals surface area contributed by atoms with E-state index in [4.69, 9.17) is 11.6 Å². The van der Waals surface area contributed by atoms with Crippen LogP contribution < -0.4 is 5.32 Å². The van der Waals surface area contributed by atoms with Gasteiger partial charge in [-0.25, -0.2) is 4.39 Å². The topological polar surface area (TPSA) is 12.0 Å². The Bertz CT molecular complexity index is 583. The number of hydrogen-bond donors (Lipinski definition) is 1. The van der Waals surface area contributed by atoms with Crippen molar-refractivity contribution in [2.24, 2.45) is 0 Å². The Labute approximate surface area is 138 Å². The fraction of sp³-hybridized carbons (Fsp3) is 0.294. The molecule has 0 amide bonds. The summed E-state index contributed by atoms with van der Waals surface area (Å²) in [6, 6.07) is 12.9. The van der Waals surface area contributed by atoms with Gasteiger partial charge in [0.1, 0.15) is 5.82 Å². The van der Waals surface area contributed by atoms with Crippen LogP contribution in [0.25, 0.3) is 0 Å². The number of nitrogens with one attached hydrogen (secondary N) is 1. The third kappa shape index (κ3) is 4.53. The maximum atomic E-state index is 14.0. The van der Waals surface area contributed by atoms with E-state index in [0.29, 0.717) is 17.0 Å². The van der Waals surface area contributed by atoms with Gasteiger partial charge in [0.05, 0.1) is 0 Å². The predicted octanol–water partition coefficient (Wildman–Crippen LogP) is 5.53. The summed E-state index contributed by atoms with van der Waals surface area (Å²) in [7, 11) is 0. The quantitative estimate of drug-likeness (QED) is 0.705. The molecular weight excluding hydrogens is 353 g/mol. The third-order valence-electron chi connectivity index (χ3n) is 3.36. The monoisotopic (exact) mass is 369 g/mol. The van der Waals surface area contributed by atoms with Crippen molar-refractivity contribution in [3.05, 3.63) is 68.9 Å². The van der Waals surface area contributed by atoms with Gasteiger partial charge < -0.3 is 5.32 Å². The molecule has 1 unspecified atom stereocenters. The van der Waals surface area contributed by atoms with E-state index in [1.165, 1.54) is 6.07 Å². The lowest BCUT2D eigenvalue weighted by atomic mass is 9.98. The van der Waals surface area contributed by atoms with Crippen molar-refractivity contribution in [3.8, 4) is 0 Å². The number of halogens is 3. The molecule has 0 aromatic heterocycles. The van der Waals surface area contributed by atoms with E-state index in [1.807, 2.05) is 18.2 Å². The van der Waals surface area contributed by atoms with E-state index in [1.54, 1.807) is 12.1 Å². The molecule has 0 spiro atoms. The zero-order valence-electron chi connectivity index (χ0n) is 11.9. The average molecular weight is 371 g/mol. The van der Waals surface area contributed by atoms with Gasteiger partial charge >= 0.3 is 0 Å². The molecule has 0 fully saturated rings. The minimum atomic E-state index is -0.249. The minimum absolute atomic E-state index is 0.0387. The Morgan fingerprint density at radius 1 is 1.24 bits per heavy atom. The molecule has 1 atom stereocenters. The van der Waals surface area contributed by atoms with E-state index in [-0.39, 0.29) is 11.9 Å². The first kappa shape index (κ1) is 16.5. The molecule has 2 rings (SSSR count). The van der Waals surface area contributed by atoms with E-state index in [9.17, 15) is 4.39 Å². The van der Waals surface area contributed by atoms with Crippen molar-refractivity contribution in [2.75, 3.05) is 6.54 Å². The van der Waals surface area contributed by atoms with Gasteiger partial charge in [0.15, 0.2) is 0 Å². The van der Waals surface area contributed by atoms with Crippen LogP contribution in [0, 0.1) is 5.82 Å². The van der Waals surface area contributed by atoms with Crippen molar-refractivity contribution in [3.63, 3.8) is 0 Å². The second-order valence-electron chi connectivity index (χ2n) is 4.97. The van der Waals surface area contributed by atoms with Crippen molar-refractivity contribution in [2.45, 2.75) is 25.8 Å². The van der Waals surface area contributed by atoms with Crippen molar-refractivity contribution >= 4 is 27.5 Å². The van der Waals surface area contributed by atoms with Crippen molar-refractivity contribution in [1.82, 2.24) is 5.32 Å². The summed E-state index contributed by atoms with van der Waals surface area (Å²) in [5.41, 5.74) is 1.69. The summed E-state index contributed by atoms with van der Waals surface area (Å²) < 4.78 is 15.0. The highest BCUT2D eigenvalue weighted by Gasteiger charge is 2.16. The Balaban J connectivity index is 2.28. The number of benzene rings is 2. The van der Waals surface area contributed by atoms with Crippen LogP contribution in [0.5, 0.6) is 0 Å². The molecule has 2 aromatic rings. The number of rotatable bonds is 6. The summed E-state index contributed by atoms with van der Waals surface area (Å²) >= 11 is 9.63. The van der Waals surface area contributed by atoms with Gasteiger partial charge in [0, 0.05) is 21.1 Å². The van der Waals surface area contributed by atoms with Crippen LogP contribution in [0.1, 0.15) is 30.5 Å². The van der Waals surface area contributed by atoms with Crippen LogP contribution in [-0.2, 0) is 6.42 Å². The van der Waals surface area contributed by atoms with Crippen LogP contribution in [0.3, 0.4) is 0 Å². The van der Waals surface area contributed by atoms with Crippen LogP contribution in [-0.4, -0.2) is 6.54 Å². The van der Waals surface area contributed by atoms with Crippen LogP contribution in [0.2, 0.25) is 5.02 Å². The maximum Gasteiger partial charge on any atom is 0.127 e. The summed E-state index contributed by atoms with van der Waals surface area (Å²) in [6.45, 7) is 2.99. The highest BCUT2D eigenvalue weighted by Crippen LogP contribution is 2.27. The lowest BCUT2D eigenvalue weighted by molar-refractivity contribution is 0.513. The Morgan fingerprint density at radius 2 is 2.00 bits per heavy atom. The fourth-order valence-electron chi connectivity index (χ4n) is 2.28. The van der Waals surface area contributed by atoms with Gasteiger partial charge in [-0.1, -0.05) is 52.7 Å². The second kappa shape index (κ2) is 7.92. The molecule has 1 nitrogen and oxygen atoms in total. The van der Waals surface area contributed by atoms with Gasteiger partial charge in [-0.2, -0.15) is 0 Å². The van der Waals surface area contributed by atoms with Crippen molar-refractivity contribution < 1.29 is 4.39 Å². The summed E-state index contributed by atoms with van der Waals surface area (Å²) in [6.07, 6.45) is 1.55. The van der Waals surface area contributed by atoms with Gasteiger partial charge in [-0.15, -0.1) is 0 Å². The second-order valence-corrected chi connectivity index (χ2v) is 6.29. The molecule has 112 valence electrons. The van der Waals surface area contributed by atoms with E-state index in [2.05, 4.69) is 34.2 Å². The SMILES string of the molecule is CCCNC(Cc1c(F)cccc1Cl)c1cccc(Br)c1. The first-order valence-electron chi connectivity index (χ1n) is 7.03. The summed E-state index contributed by atoms with van der Waals surface area (Å²) in [4.78, 5) is 0. The smallest absolute Gasteiger partial charge is 0.127 e. The lowest BCUT2D eigenvalue weighted by Gasteiger charge is -2.20. The molecule has 21 heavy (non-hydrogen) atoms. The Hall–Kier alpha value is -0.900. The maximum absolute atomic E-state index is 14.0. The molecule has 0 saturated carbocycles. The highest BCUT2D eigenvalue weighted by molar-refractivity contribution is 9.10. The summed E-state index contributed by atoms with van der Waals surface area (Å²) in [5, 5.41) is 3.95. The van der Waals surface area contributed by atoms with Crippen LogP contribution >= 0.6 is 27.5 Å². The fourth-order valence-corrected chi connectivity index (χ4v) is 2.94. The standard InChI is InChI=1S/C17H18BrClFN/c1-2-9-21-17(12-5-3-6-13(18)10-12)11-14-15(19)7-4-8-16(14)20/h3-8,10,17,21H,2,9,11H2,1H3. The molecule has 1 N–H and O–H groups in total. The minimum Gasteiger partial charge on any atom is -0.310 e. The molecule has 0 radical (unpaired) electrons.